The third-order valence-electron chi connectivity index (χ3n) is 6.67. The van der Waals surface area contributed by atoms with E-state index in [9.17, 15) is 18.0 Å². The van der Waals surface area contributed by atoms with Gasteiger partial charge in [-0.05, 0) is 37.0 Å². The molecule has 24 heavy (non-hydrogen) atoms. The molecule has 136 valence electrons. The van der Waals surface area contributed by atoms with Crippen molar-refractivity contribution in [2.24, 2.45) is 16.7 Å². The summed E-state index contributed by atoms with van der Waals surface area (Å²) in [6, 6.07) is 0. The largest absolute Gasteiger partial charge is 0.359 e. The summed E-state index contributed by atoms with van der Waals surface area (Å²) in [6.45, 7) is 3.70. The molecule has 1 spiro atoms. The minimum absolute atomic E-state index is 0.0299. The lowest BCUT2D eigenvalue weighted by molar-refractivity contribution is -0.135. The topological polar surface area (TPSA) is 86.8 Å². The lowest BCUT2D eigenvalue weighted by atomic mass is 9.65. The van der Waals surface area contributed by atoms with Gasteiger partial charge in [0.1, 0.15) is 0 Å². The Morgan fingerprint density at radius 3 is 2.25 bits per heavy atom. The van der Waals surface area contributed by atoms with E-state index in [0.29, 0.717) is 19.6 Å². The number of nitrogens with one attached hydrogen (secondary N) is 1. The second kappa shape index (κ2) is 5.69. The Balaban J connectivity index is 1.91. The maximum absolute atomic E-state index is 12.7. The molecule has 3 rings (SSSR count). The molecule has 0 aromatic heterocycles. The maximum atomic E-state index is 12.7. The van der Waals surface area contributed by atoms with Crippen LogP contribution in [0.1, 0.15) is 32.6 Å². The van der Waals surface area contributed by atoms with Gasteiger partial charge in [0.25, 0.3) is 0 Å². The van der Waals surface area contributed by atoms with Crippen LogP contribution in [-0.4, -0.2) is 68.9 Å². The molecule has 7 nitrogen and oxygen atoms in total. The van der Waals surface area contributed by atoms with Gasteiger partial charge in [0.05, 0.1) is 11.7 Å². The van der Waals surface area contributed by atoms with Crippen LogP contribution in [0.3, 0.4) is 0 Å². The molecule has 3 fully saturated rings. The Kier molecular flexibility index (Phi) is 4.19. The van der Waals surface area contributed by atoms with Gasteiger partial charge in [-0.1, -0.05) is 0 Å². The molecule has 2 aliphatic heterocycles. The van der Waals surface area contributed by atoms with Crippen molar-refractivity contribution >= 4 is 21.8 Å². The smallest absolute Gasteiger partial charge is 0.227 e. The van der Waals surface area contributed by atoms with Crippen molar-refractivity contribution in [2.75, 3.05) is 39.5 Å². The zero-order valence-corrected chi connectivity index (χ0v) is 15.5. The highest BCUT2D eigenvalue weighted by atomic mass is 32.2. The number of piperidine rings is 1. The molecule has 1 N–H and O–H groups in total. The fourth-order valence-corrected chi connectivity index (χ4v) is 6.14. The van der Waals surface area contributed by atoms with Crippen LogP contribution in [0.4, 0.5) is 0 Å². The molecule has 8 heteroatoms. The Labute approximate surface area is 143 Å². The number of hydrogen-bond acceptors (Lipinski definition) is 4. The highest BCUT2D eigenvalue weighted by Crippen LogP contribution is 2.62. The zero-order valence-electron chi connectivity index (χ0n) is 14.7. The number of likely N-dealkylation sites (tertiary alicyclic amines) is 1. The van der Waals surface area contributed by atoms with Crippen molar-refractivity contribution in [1.82, 2.24) is 14.5 Å². The van der Waals surface area contributed by atoms with Crippen LogP contribution in [-0.2, 0) is 19.6 Å². The number of rotatable bonds is 2. The normalized spacial score (nSPS) is 32.8. The number of fused-ring (bicyclic) bond motifs is 2. The van der Waals surface area contributed by atoms with Crippen molar-refractivity contribution in [3.8, 4) is 0 Å². The molecule has 2 heterocycles. The number of sulfonamides is 1. The third-order valence-corrected chi connectivity index (χ3v) is 7.89. The quantitative estimate of drug-likeness (QED) is 0.756. The standard InChI is InChI=1S/C16H27N3O4S/c1-12(20)18-8-6-15(7-9-18)4-5-16(14(21)17-2)11-19(10-13(15)16)24(3,22)23/h13H,4-11H2,1-3H3,(H,17,21)/t13-,16+/m1/s1. The molecule has 0 unspecified atom stereocenters. The third kappa shape index (κ3) is 2.54. The number of carbonyl (C=O) groups excluding carboxylic acids is 2. The van der Waals surface area contributed by atoms with Gasteiger partial charge in [-0.15, -0.1) is 0 Å². The van der Waals surface area contributed by atoms with Crippen molar-refractivity contribution in [2.45, 2.75) is 32.6 Å². The Morgan fingerprint density at radius 2 is 1.75 bits per heavy atom. The lowest BCUT2D eigenvalue weighted by Gasteiger charge is -2.44. The van der Waals surface area contributed by atoms with Crippen LogP contribution >= 0.6 is 0 Å². The molecule has 0 aromatic carbocycles. The monoisotopic (exact) mass is 357 g/mol. The first-order valence-electron chi connectivity index (χ1n) is 8.57. The Morgan fingerprint density at radius 1 is 1.12 bits per heavy atom. The van der Waals surface area contributed by atoms with Crippen molar-refractivity contribution in [3.05, 3.63) is 0 Å². The lowest BCUT2D eigenvalue weighted by Crippen LogP contribution is -2.49. The minimum atomic E-state index is -3.32. The van der Waals surface area contributed by atoms with Gasteiger partial charge in [0.15, 0.2) is 0 Å². The molecule has 0 bridgehead atoms. The van der Waals surface area contributed by atoms with Crippen LogP contribution in [0.15, 0.2) is 0 Å². The number of nitrogens with zero attached hydrogens (tertiary/aromatic N) is 2. The Hall–Kier alpha value is -1.15. The number of hydrogen-bond donors (Lipinski definition) is 1. The van der Waals surface area contributed by atoms with Crippen LogP contribution < -0.4 is 5.32 Å². The van der Waals surface area contributed by atoms with E-state index in [1.54, 1.807) is 14.0 Å². The summed E-state index contributed by atoms with van der Waals surface area (Å²) < 4.78 is 25.6. The van der Waals surface area contributed by atoms with Gasteiger partial charge < -0.3 is 10.2 Å². The first-order valence-corrected chi connectivity index (χ1v) is 10.4. The van der Waals surface area contributed by atoms with E-state index in [2.05, 4.69) is 5.32 Å². The molecular formula is C16H27N3O4S. The average molecular weight is 357 g/mol. The van der Waals surface area contributed by atoms with Crippen LogP contribution in [0.5, 0.6) is 0 Å². The molecule has 0 radical (unpaired) electrons. The van der Waals surface area contributed by atoms with Gasteiger partial charge >= 0.3 is 0 Å². The number of amides is 2. The predicted molar refractivity (Wildman–Crippen MR) is 89.6 cm³/mol. The van der Waals surface area contributed by atoms with Gasteiger partial charge in [0, 0.05) is 40.2 Å². The molecule has 2 saturated heterocycles. The summed E-state index contributed by atoms with van der Waals surface area (Å²) in [4.78, 5) is 26.2. The summed E-state index contributed by atoms with van der Waals surface area (Å²) in [7, 11) is -1.69. The predicted octanol–water partition coefficient (Wildman–Crippen LogP) is 0.0327. The van der Waals surface area contributed by atoms with Gasteiger partial charge in [-0.25, -0.2) is 12.7 Å². The van der Waals surface area contributed by atoms with E-state index in [1.807, 2.05) is 4.90 Å². The SMILES string of the molecule is CNC(=O)[C@]12CCC3(CCN(C(C)=O)CC3)[C@H]1CN(S(C)(=O)=O)C2. The molecule has 2 atom stereocenters. The zero-order chi connectivity index (χ0) is 17.8. The van der Waals surface area contributed by atoms with E-state index in [-0.39, 0.29) is 29.7 Å². The summed E-state index contributed by atoms with van der Waals surface area (Å²) in [5.41, 5.74) is -0.645. The molecule has 1 aliphatic carbocycles. The highest BCUT2D eigenvalue weighted by molar-refractivity contribution is 7.88. The van der Waals surface area contributed by atoms with Crippen molar-refractivity contribution < 1.29 is 18.0 Å². The Bertz CT molecular complexity index is 654. The first kappa shape index (κ1) is 17.7. The van der Waals surface area contributed by atoms with E-state index in [0.717, 1.165) is 25.7 Å². The van der Waals surface area contributed by atoms with E-state index in [1.165, 1.54) is 10.6 Å². The van der Waals surface area contributed by atoms with Gasteiger partial charge in [-0.2, -0.15) is 0 Å². The number of carbonyl (C=O) groups is 2. The van der Waals surface area contributed by atoms with E-state index in [4.69, 9.17) is 0 Å². The first-order chi connectivity index (χ1) is 11.1. The maximum Gasteiger partial charge on any atom is 0.227 e. The summed E-state index contributed by atoms with van der Waals surface area (Å²) >= 11 is 0. The minimum Gasteiger partial charge on any atom is -0.359 e. The van der Waals surface area contributed by atoms with E-state index < -0.39 is 15.4 Å². The van der Waals surface area contributed by atoms with Crippen LogP contribution in [0, 0.1) is 16.7 Å². The second-order valence-corrected chi connectivity index (χ2v) is 9.69. The fourth-order valence-electron chi connectivity index (χ4n) is 5.26. The van der Waals surface area contributed by atoms with Gasteiger partial charge in [-0.3, -0.25) is 9.59 Å². The van der Waals surface area contributed by atoms with Crippen molar-refractivity contribution in [3.63, 3.8) is 0 Å². The molecule has 0 aromatic rings. The van der Waals surface area contributed by atoms with Crippen molar-refractivity contribution in [1.29, 1.82) is 0 Å². The van der Waals surface area contributed by atoms with Crippen LogP contribution in [0.2, 0.25) is 0 Å². The highest BCUT2D eigenvalue weighted by Gasteiger charge is 2.65. The summed E-state index contributed by atoms with van der Waals surface area (Å²) in [5, 5.41) is 2.77. The second-order valence-electron chi connectivity index (χ2n) is 7.71. The van der Waals surface area contributed by atoms with Crippen LogP contribution in [0.25, 0.3) is 0 Å². The summed E-state index contributed by atoms with van der Waals surface area (Å²) in [5.74, 6) is 0.0860. The van der Waals surface area contributed by atoms with Gasteiger partial charge in [0.2, 0.25) is 21.8 Å². The molecule has 1 saturated carbocycles. The van der Waals surface area contributed by atoms with E-state index >= 15 is 0 Å². The average Bonchev–Trinajstić information content (AvgIpc) is 3.05. The summed E-state index contributed by atoms with van der Waals surface area (Å²) in [6.07, 6.45) is 4.59. The molecular weight excluding hydrogens is 330 g/mol. The fraction of sp³-hybridized carbons (Fsp3) is 0.875. The molecule has 2 amide bonds. The molecule has 3 aliphatic rings.